The highest BCUT2D eigenvalue weighted by atomic mass is 32.2. The highest BCUT2D eigenvalue weighted by Crippen LogP contribution is 2.28. The smallest absolute Gasteiger partial charge is 0.257 e. The van der Waals surface area contributed by atoms with Gasteiger partial charge in [-0.3, -0.25) is 9.48 Å². The number of halogens is 2. The van der Waals surface area contributed by atoms with Crippen LogP contribution in [-0.2, 0) is 24.4 Å². The summed E-state index contributed by atoms with van der Waals surface area (Å²) in [4.78, 5) is 14.8. The lowest BCUT2D eigenvalue weighted by Gasteiger charge is -2.19. The van der Waals surface area contributed by atoms with Gasteiger partial charge in [0.2, 0.25) is 0 Å². The third kappa shape index (κ3) is 3.92. The van der Waals surface area contributed by atoms with E-state index in [-0.39, 0.29) is 5.91 Å². The number of fused-ring (bicyclic) bond motifs is 1. The Morgan fingerprint density at radius 3 is 2.71 bits per heavy atom. The van der Waals surface area contributed by atoms with E-state index in [1.807, 2.05) is 6.07 Å². The number of aliphatic hydroxyl groups is 1. The Hall–Kier alpha value is -2.72. The second-order valence-corrected chi connectivity index (χ2v) is 7.42. The molecule has 3 heterocycles. The number of benzene rings is 1. The molecule has 0 fully saturated rings. The van der Waals surface area contributed by atoms with Crippen molar-refractivity contribution in [3.05, 3.63) is 65.7 Å². The second-order valence-electron chi connectivity index (χ2n) is 6.39. The second kappa shape index (κ2) is 7.72. The number of hydrogen-bond donors (Lipinski definition) is 1. The molecule has 0 spiro atoms. The predicted molar refractivity (Wildman–Crippen MR) is 97.4 cm³/mol. The van der Waals surface area contributed by atoms with E-state index < -0.39 is 19.1 Å². The molecule has 146 valence electrons. The lowest BCUT2D eigenvalue weighted by molar-refractivity contribution is -0.141. The van der Waals surface area contributed by atoms with Crippen LogP contribution in [0.4, 0.5) is 8.78 Å². The van der Waals surface area contributed by atoms with Crippen molar-refractivity contribution in [2.24, 2.45) is 0 Å². The van der Waals surface area contributed by atoms with Crippen LogP contribution >= 0.6 is 11.9 Å². The number of aromatic nitrogens is 4. The van der Waals surface area contributed by atoms with Gasteiger partial charge >= 0.3 is 0 Å². The van der Waals surface area contributed by atoms with Crippen LogP contribution in [0.2, 0.25) is 0 Å². The van der Waals surface area contributed by atoms with Crippen molar-refractivity contribution in [1.29, 1.82) is 0 Å². The number of nitrogens with zero attached hydrogens (tertiary/aromatic N) is 5. The molecular formula is C18H17F2N5O2S. The monoisotopic (exact) mass is 405 g/mol. The van der Waals surface area contributed by atoms with Gasteiger partial charge < -0.3 is 10.0 Å². The van der Waals surface area contributed by atoms with E-state index in [1.54, 1.807) is 39.4 Å². The van der Waals surface area contributed by atoms with Crippen molar-refractivity contribution >= 4 is 17.9 Å². The molecule has 0 radical (unpaired) electrons. The number of alkyl halides is 2. The zero-order valence-corrected chi connectivity index (χ0v) is 15.5. The van der Waals surface area contributed by atoms with Crippen molar-refractivity contribution < 1.29 is 18.7 Å². The van der Waals surface area contributed by atoms with Crippen LogP contribution in [0.3, 0.4) is 0 Å². The predicted octanol–water partition coefficient (Wildman–Crippen LogP) is 2.48. The first-order valence-corrected chi connectivity index (χ1v) is 9.35. The van der Waals surface area contributed by atoms with Gasteiger partial charge in [0, 0.05) is 36.4 Å². The summed E-state index contributed by atoms with van der Waals surface area (Å²) in [6.07, 6.45) is 1.18. The van der Waals surface area contributed by atoms with E-state index >= 15 is 0 Å². The summed E-state index contributed by atoms with van der Waals surface area (Å²) in [5.41, 5.74) is 2.20. The highest BCUT2D eigenvalue weighted by molar-refractivity contribution is 7.97. The van der Waals surface area contributed by atoms with E-state index in [9.17, 15) is 18.7 Å². The molecule has 28 heavy (non-hydrogen) atoms. The van der Waals surface area contributed by atoms with Crippen molar-refractivity contribution in [1.82, 2.24) is 23.9 Å². The number of hydrogen-bond acceptors (Lipinski definition) is 5. The van der Waals surface area contributed by atoms with E-state index in [0.29, 0.717) is 23.5 Å². The molecule has 7 nitrogen and oxygen atoms in total. The molecule has 1 aliphatic heterocycles. The molecule has 1 aromatic carbocycles. The van der Waals surface area contributed by atoms with Gasteiger partial charge in [0.25, 0.3) is 12.3 Å². The maximum Gasteiger partial charge on any atom is 0.257 e. The van der Waals surface area contributed by atoms with E-state index in [0.717, 1.165) is 11.3 Å². The molecule has 0 aliphatic carbocycles. The Bertz CT molecular complexity index is 952. The molecule has 4 rings (SSSR count). The normalized spacial score (nSPS) is 14.5. The topological polar surface area (TPSA) is 76.2 Å². The lowest BCUT2D eigenvalue weighted by Crippen LogP contribution is -2.31. The van der Waals surface area contributed by atoms with Crippen molar-refractivity contribution in [3.8, 4) is 0 Å². The van der Waals surface area contributed by atoms with Gasteiger partial charge in [-0.2, -0.15) is 10.2 Å². The zero-order valence-electron chi connectivity index (χ0n) is 14.7. The molecule has 2 aromatic heterocycles. The molecule has 10 heteroatoms. The summed E-state index contributed by atoms with van der Waals surface area (Å²) < 4.78 is 27.6. The zero-order chi connectivity index (χ0) is 19.7. The molecule has 1 aliphatic rings. The minimum Gasteiger partial charge on any atom is -0.378 e. The average Bonchev–Trinajstić information content (AvgIpc) is 3.36. The molecule has 1 amide bonds. The molecule has 1 atom stereocenters. The minimum atomic E-state index is -2.46. The summed E-state index contributed by atoms with van der Waals surface area (Å²) in [5.74, 6) is -0.364. The molecular weight excluding hydrogens is 388 g/mol. The van der Waals surface area contributed by atoms with Gasteiger partial charge in [0.15, 0.2) is 6.10 Å². The summed E-state index contributed by atoms with van der Waals surface area (Å²) in [6.45, 7) is 0.233. The van der Waals surface area contributed by atoms with Crippen LogP contribution in [0.15, 0.2) is 53.8 Å². The number of rotatable bonds is 6. The fraction of sp³-hybridized carbons (Fsp3) is 0.278. The van der Waals surface area contributed by atoms with Crippen molar-refractivity contribution in [3.63, 3.8) is 0 Å². The van der Waals surface area contributed by atoms with Crippen molar-refractivity contribution in [2.75, 3.05) is 0 Å². The highest BCUT2D eigenvalue weighted by Gasteiger charge is 2.31. The summed E-state index contributed by atoms with van der Waals surface area (Å²) in [7, 11) is 0. The quantitative estimate of drug-likeness (QED) is 0.682. The number of aliphatic hydroxyl groups excluding tert-OH is 1. The largest absolute Gasteiger partial charge is 0.378 e. The van der Waals surface area contributed by atoms with Gasteiger partial charge in [-0.15, -0.1) is 0 Å². The molecule has 0 bridgehead atoms. The standard InChI is InChI=1S/C18H17F2N5O2S/c19-16(20)11-24-9-14(6-21-24)28-25-8-13-7-23(10-15(13)22-25)18(27)17(26)12-4-2-1-3-5-12/h1-6,8-9,16-17,26H,7,10-11H2. The Morgan fingerprint density at radius 1 is 1.21 bits per heavy atom. The molecule has 3 aromatic rings. The lowest BCUT2D eigenvalue weighted by atomic mass is 10.1. The van der Waals surface area contributed by atoms with Gasteiger partial charge in [-0.1, -0.05) is 30.3 Å². The average molecular weight is 405 g/mol. The van der Waals surface area contributed by atoms with Crippen LogP contribution in [0.1, 0.15) is 22.9 Å². The van der Waals surface area contributed by atoms with E-state index in [1.165, 1.54) is 29.0 Å². The fourth-order valence-corrected chi connectivity index (χ4v) is 3.82. The Kier molecular flexibility index (Phi) is 5.14. The summed E-state index contributed by atoms with van der Waals surface area (Å²) in [5, 5.41) is 18.6. The van der Waals surface area contributed by atoms with E-state index in [2.05, 4.69) is 10.2 Å². The minimum absolute atomic E-state index is 0.316. The van der Waals surface area contributed by atoms with Gasteiger partial charge in [0.05, 0.1) is 23.3 Å². The Labute approximate surface area is 163 Å². The SMILES string of the molecule is O=C(C(O)c1ccccc1)N1Cc2cn(Sc3cnn(CC(F)F)c3)nc2C1. The fourth-order valence-electron chi connectivity index (χ4n) is 3.02. The first-order chi connectivity index (χ1) is 13.5. The third-order valence-electron chi connectivity index (χ3n) is 4.35. The van der Waals surface area contributed by atoms with Crippen LogP contribution < -0.4 is 0 Å². The van der Waals surface area contributed by atoms with Crippen LogP contribution in [-0.4, -0.2) is 41.3 Å². The van der Waals surface area contributed by atoms with Gasteiger partial charge in [-0.05, 0) is 5.56 Å². The van der Waals surface area contributed by atoms with Crippen LogP contribution in [0.25, 0.3) is 0 Å². The number of carbonyl (C=O) groups is 1. The van der Waals surface area contributed by atoms with Gasteiger partial charge in [0.1, 0.15) is 6.54 Å². The first kappa shape index (κ1) is 18.6. The Morgan fingerprint density at radius 2 is 2.00 bits per heavy atom. The van der Waals surface area contributed by atoms with Crippen LogP contribution in [0, 0.1) is 0 Å². The Balaban J connectivity index is 1.39. The summed E-state index contributed by atoms with van der Waals surface area (Å²) in [6, 6.07) is 8.79. The maximum absolute atomic E-state index is 12.5. The first-order valence-electron chi connectivity index (χ1n) is 8.58. The van der Waals surface area contributed by atoms with Gasteiger partial charge in [-0.25, -0.2) is 12.9 Å². The summed E-state index contributed by atoms with van der Waals surface area (Å²) >= 11 is 1.26. The molecule has 0 saturated carbocycles. The molecule has 1 unspecified atom stereocenters. The number of amides is 1. The van der Waals surface area contributed by atoms with Crippen molar-refractivity contribution in [2.45, 2.75) is 37.1 Å². The molecule has 0 saturated heterocycles. The molecule has 1 N–H and O–H groups in total. The number of carbonyl (C=O) groups excluding carboxylic acids is 1. The van der Waals surface area contributed by atoms with Crippen LogP contribution in [0.5, 0.6) is 0 Å². The maximum atomic E-state index is 12.5. The third-order valence-corrected chi connectivity index (χ3v) is 5.15. The van der Waals surface area contributed by atoms with E-state index in [4.69, 9.17) is 0 Å².